The summed E-state index contributed by atoms with van der Waals surface area (Å²) in [5.41, 5.74) is 1.79. The summed E-state index contributed by atoms with van der Waals surface area (Å²) in [6, 6.07) is 9.10. The van der Waals surface area contributed by atoms with Gasteiger partial charge < -0.3 is 19.9 Å². The Labute approximate surface area is 140 Å². The Balaban J connectivity index is 2.18. The summed E-state index contributed by atoms with van der Waals surface area (Å²) in [5.74, 6) is 1.33. The molecule has 0 aliphatic rings. The first-order valence-corrected chi connectivity index (χ1v) is 7.76. The fourth-order valence-corrected chi connectivity index (χ4v) is 3.45. The van der Waals surface area contributed by atoms with Gasteiger partial charge in [0.25, 0.3) is 0 Å². The predicted molar refractivity (Wildman–Crippen MR) is 90.4 cm³/mol. The van der Waals surface area contributed by atoms with E-state index in [-0.39, 0.29) is 5.75 Å². The predicted octanol–water partition coefficient (Wildman–Crippen LogP) is 4.55. The van der Waals surface area contributed by atoms with E-state index in [2.05, 4.69) is 37.2 Å². The average molecular weight is 417 g/mol. The summed E-state index contributed by atoms with van der Waals surface area (Å²) < 4.78 is 12.3. The maximum Gasteiger partial charge on any atom is 0.160 e. The lowest BCUT2D eigenvalue weighted by Crippen LogP contribution is -2.02. The highest BCUT2D eigenvalue weighted by molar-refractivity contribution is 9.11. The van der Waals surface area contributed by atoms with E-state index in [4.69, 9.17) is 9.47 Å². The molecule has 2 rings (SSSR count). The van der Waals surface area contributed by atoms with Crippen LogP contribution in [0.3, 0.4) is 0 Å². The lowest BCUT2D eigenvalue weighted by molar-refractivity contribution is 0.373. The Bertz CT molecular complexity index is 647. The first kappa shape index (κ1) is 16.0. The molecule has 0 atom stereocenters. The zero-order chi connectivity index (χ0) is 15.4. The minimum absolute atomic E-state index is 0.102. The highest BCUT2D eigenvalue weighted by atomic mass is 79.9. The van der Waals surface area contributed by atoms with Gasteiger partial charge in [-0.1, -0.05) is 15.9 Å². The van der Waals surface area contributed by atoms with Gasteiger partial charge >= 0.3 is 0 Å². The van der Waals surface area contributed by atoms with Gasteiger partial charge in [-0.3, -0.25) is 0 Å². The van der Waals surface area contributed by atoms with Crippen molar-refractivity contribution in [1.82, 2.24) is 0 Å². The molecule has 0 spiro atoms. The number of aromatic hydroxyl groups is 1. The van der Waals surface area contributed by atoms with Gasteiger partial charge in [-0.15, -0.1) is 0 Å². The first-order chi connectivity index (χ1) is 10.0. The lowest BCUT2D eigenvalue weighted by Gasteiger charge is -2.13. The topological polar surface area (TPSA) is 50.7 Å². The van der Waals surface area contributed by atoms with Crippen LogP contribution in [0, 0.1) is 0 Å². The fraction of sp³-hybridized carbons (Fsp3) is 0.200. The van der Waals surface area contributed by atoms with Crippen LogP contribution in [-0.4, -0.2) is 19.3 Å². The number of methoxy groups -OCH3 is 2. The number of hydrogen-bond donors (Lipinski definition) is 2. The third-order valence-corrected chi connectivity index (χ3v) is 4.00. The van der Waals surface area contributed by atoms with E-state index in [0.717, 1.165) is 25.9 Å². The van der Waals surface area contributed by atoms with Crippen molar-refractivity contribution in [2.45, 2.75) is 6.54 Å². The lowest BCUT2D eigenvalue weighted by atomic mass is 10.2. The molecule has 0 bridgehead atoms. The minimum atomic E-state index is 0.102. The van der Waals surface area contributed by atoms with Gasteiger partial charge in [0.05, 0.1) is 18.7 Å². The zero-order valence-corrected chi connectivity index (χ0v) is 14.8. The average Bonchev–Trinajstić information content (AvgIpc) is 2.44. The molecule has 21 heavy (non-hydrogen) atoms. The Morgan fingerprint density at radius 3 is 2.48 bits per heavy atom. The van der Waals surface area contributed by atoms with Gasteiger partial charge in [0.2, 0.25) is 0 Å². The third kappa shape index (κ3) is 3.83. The zero-order valence-electron chi connectivity index (χ0n) is 11.6. The molecule has 0 radical (unpaired) electrons. The fourth-order valence-electron chi connectivity index (χ4n) is 1.97. The summed E-state index contributed by atoms with van der Waals surface area (Å²) in [6.45, 7) is 0.562. The van der Waals surface area contributed by atoms with Gasteiger partial charge in [-0.05, 0) is 40.2 Å². The number of phenolic OH excluding ortho intramolecular Hbond substituents is 1. The van der Waals surface area contributed by atoms with Crippen molar-refractivity contribution in [2.75, 3.05) is 19.5 Å². The van der Waals surface area contributed by atoms with Crippen LogP contribution in [0.1, 0.15) is 5.56 Å². The van der Waals surface area contributed by atoms with Crippen LogP contribution in [0.25, 0.3) is 0 Å². The van der Waals surface area contributed by atoms with Crippen molar-refractivity contribution < 1.29 is 14.6 Å². The Hall–Kier alpha value is -1.40. The van der Waals surface area contributed by atoms with Crippen molar-refractivity contribution in [3.05, 3.63) is 44.8 Å². The number of nitrogens with one attached hydrogen (secondary N) is 1. The second kappa shape index (κ2) is 7.04. The Morgan fingerprint density at radius 1 is 1.10 bits per heavy atom. The molecule has 0 fully saturated rings. The molecule has 4 nitrogen and oxygen atoms in total. The summed E-state index contributed by atoms with van der Waals surface area (Å²) in [7, 11) is 3.16. The number of ether oxygens (including phenoxy) is 2. The maximum atomic E-state index is 9.77. The van der Waals surface area contributed by atoms with E-state index < -0.39 is 0 Å². The second-order valence-corrected chi connectivity index (χ2v) is 6.09. The third-order valence-electron chi connectivity index (χ3n) is 2.95. The van der Waals surface area contributed by atoms with Crippen LogP contribution >= 0.6 is 31.9 Å². The molecule has 2 aromatic carbocycles. The molecule has 0 unspecified atom stereocenters. The van der Waals surface area contributed by atoms with Gasteiger partial charge in [0, 0.05) is 28.3 Å². The summed E-state index contributed by atoms with van der Waals surface area (Å²) in [5, 5.41) is 13.0. The van der Waals surface area contributed by atoms with Crippen LogP contribution in [0.5, 0.6) is 17.2 Å². The van der Waals surface area contributed by atoms with Crippen molar-refractivity contribution in [3.63, 3.8) is 0 Å². The number of phenols is 1. The summed E-state index contributed by atoms with van der Waals surface area (Å²) in [4.78, 5) is 0. The molecule has 2 N–H and O–H groups in total. The van der Waals surface area contributed by atoms with Crippen LogP contribution in [-0.2, 0) is 6.54 Å². The molecule has 0 aliphatic heterocycles. The largest absolute Gasteiger partial charge is 0.504 e. The van der Waals surface area contributed by atoms with E-state index in [1.165, 1.54) is 7.11 Å². The van der Waals surface area contributed by atoms with E-state index >= 15 is 0 Å². The molecule has 0 aromatic heterocycles. The van der Waals surface area contributed by atoms with E-state index in [9.17, 15) is 5.11 Å². The minimum Gasteiger partial charge on any atom is -0.504 e. The monoisotopic (exact) mass is 415 g/mol. The molecule has 2 aromatic rings. The molecular formula is C15H15Br2NO3. The maximum absolute atomic E-state index is 9.77. The van der Waals surface area contributed by atoms with Crippen LogP contribution < -0.4 is 14.8 Å². The quantitative estimate of drug-likeness (QED) is 0.750. The van der Waals surface area contributed by atoms with Gasteiger partial charge in [-0.25, -0.2) is 0 Å². The van der Waals surface area contributed by atoms with Gasteiger partial charge in [0.15, 0.2) is 11.5 Å². The van der Waals surface area contributed by atoms with Gasteiger partial charge in [0.1, 0.15) is 5.75 Å². The molecule has 0 saturated carbocycles. The molecule has 112 valence electrons. The smallest absolute Gasteiger partial charge is 0.160 e. The van der Waals surface area contributed by atoms with Crippen LogP contribution in [0.2, 0.25) is 0 Å². The number of halogens is 2. The SMILES string of the molecule is COc1ccc(NCc2cc(Br)cc(Br)c2OC)cc1O. The standard InChI is InChI=1S/C15H15Br2NO3/c1-20-14-4-3-11(7-13(14)19)18-8-9-5-10(16)6-12(17)15(9)21-2/h3-7,18-19H,8H2,1-2H3. The molecule has 0 amide bonds. The Kier molecular flexibility index (Phi) is 5.36. The van der Waals surface area contributed by atoms with E-state index in [1.807, 2.05) is 18.2 Å². The van der Waals surface area contributed by atoms with Crippen molar-refractivity contribution >= 4 is 37.5 Å². The second-order valence-electron chi connectivity index (χ2n) is 4.32. The summed E-state index contributed by atoms with van der Waals surface area (Å²) in [6.07, 6.45) is 0. The number of benzene rings is 2. The highest BCUT2D eigenvalue weighted by Gasteiger charge is 2.10. The number of anilines is 1. The molecule has 0 saturated heterocycles. The molecule has 6 heteroatoms. The van der Waals surface area contributed by atoms with Gasteiger partial charge in [-0.2, -0.15) is 0 Å². The highest BCUT2D eigenvalue weighted by Crippen LogP contribution is 2.34. The molecule has 0 heterocycles. The van der Waals surface area contributed by atoms with Crippen LogP contribution in [0.15, 0.2) is 39.3 Å². The molecule has 0 aliphatic carbocycles. The van der Waals surface area contributed by atoms with Crippen molar-refractivity contribution in [1.29, 1.82) is 0 Å². The van der Waals surface area contributed by atoms with E-state index in [1.54, 1.807) is 19.2 Å². The van der Waals surface area contributed by atoms with E-state index in [0.29, 0.717) is 12.3 Å². The van der Waals surface area contributed by atoms with Crippen molar-refractivity contribution in [2.24, 2.45) is 0 Å². The van der Waals surface area contributed by atoms with Crippen LogP contribution in [0.4, 0.5) is 5.69 Å². The molecular weight excluding hydrogens is 402 g/mol. The van der Waals surface area contributed by atoms with Crippen molar-refractivity contribution in [3.8, 4) is 17.2 Å². The number of rotatable bonds is 5. The Morgan fingerprint density at radius 2 is 1.86 bits per heavy atom. The first-order valence-electron chi connectivity index (χ1n) is 6.18. The number of hydrogen-bond acceptors (Lipinski definition) is 4. The normalized spacial score (nSPS) is 10.3. The summed E-state index contributed by atoms with van der Waals surface area (Å²) >= 11 is 6.94.